The molecule has 0 aromatic rings. The average molecular weight is 483 g/mol. The van der Waals surface area contributed by atoms with Crippen molar-refractivity contribution >= 4 is 44.1 Å². The van der Waals surface area contributed by atoms with Crippen molar-refractivity contribution in [3.8, 4) is 0 Å². The number of hydrogen-bond acceptors (Lipinski definition) is 7. The molecule has 2 aliphatic heterocycles. The summed E-state index contributed by atoms with van der Waals surface area (Å²) in [6.07, 6.45) is 9.17. The highest BCUT2D eigenvalue weighted by Gasteiger charge is 2.44. The zero-order chi connectivity index (χ0) is 22.5. The Morgan fingerprint density at radius 3 is 2.21 bits per heavy atom. The van der Waals surface area contributed by atoms with Crippen molar-refractivity contribution < 1.29 is 35.6 Å². The lowest BCUT2D eigenvalue weighted by molar-refractivity contribution is -0.0510. The molecule has 2 N–H and O–H groups in total. The van der Waals surface area contributed by atoms with Crippen LogP contribution in [0.2, 0.25) is 0 Å². The second-order valence-electron chi connectivity index (χ2n) is 6.26. The molecule has 2 atom stereocenters. The summed E-state index contributed by atoms with van der Waals surface area (Å²) >= 11 is 6.80. The normalized spacial score (nSPS) is 22.3. The Bertz CT molecular complexity index is 613. The van der Waals surface area contributed by atoms with Crippen molar-refractivity contribution in [2.24, 2.45) is 4.99 Å². The first kappa shape index (κ1) is 28.5. The molecule has 0 aliphatic carbocycles. The number of hydrogen-bond donors (Lipinski definition) is 2. The van der Waals surface area contributed by atoms with Crippen LogP contribution < -0.4 is 5.32 Å². The minimum absolute atomic E-state index is 0.427. The molecule has 7 nitrogen and oxygen atoms in total. The molecule has 0 bridgehead atoms. The smallest absolute Gasteiger partial charge is 0.383 e. The number of halogens is 3. The first-order valence-corrected chi connectivity index (χ1v) is 11.9. The molecule has 172 valence electrons. The van der Waals surface area contributed by atoms with E-state index >= 15 is 0 Å². The Kier molecular flexibility index (Phi) is 14.3. The van der Waals surface area contributed by atoms with E-state index in [0.717, 1.165) is 24.6 Å². The van der Waals surface area contributed by atoms with Gasteiger partial charge in [-0.15, -0.1) is 11.8 Å². The maximum Gasteiger partial charge on any atom is 0.522 e. The number of piperidine rings is 1. The number of nitrogens with zero attached hydrogens (tertiary/aromatic N) is 1. The first-order valence-electron chi connectivity index (χ1n) is 8.86. The van der Waals surface area contributed by atoms with E-state index in [0.29, 0.717) is 12.1 Å². The van der Waals surface area contributed by atoms with E-state index in [1.807, 2.05) is 0 Å². The Morgan fingerprint density at radius 2 is 1.76 bits per heavy atom. The van der Waals surface area contributed by atoms with E-state index < -0.39 is 15.6 Å². The predicted octanol–water partition coefficient (Wildman–Crippen LogP) is 3.44. The Morgan fingerprint density at radius 1 is 1.21 bits per heavy atom. The average Bonchev–Trinajstić information content (AvgIpc) is 2.62. The molecule has 0 radical (unpaired) electrons. The van der Waals surface area contributed by atoms with Crippen LogP contribution in [0.3, 0.4) is 0 Å². The number of thiocarbonyl (C=S) groups is 1. The maximum absolute atomic E-state index is 10.7. The lowest BCUT2D eigenvalue weighted by atomic mass is 10.1. The van der Waals surface area contributed by atoms with Gasteiger partial charge < -0.3 is 14.8 Å². The van der Waals surface area contributed by atoms with Gasteiger partial charge in [-0.05, 0) is 44.8 Å². The largest absolute Gasteiger partial charge is 0.522 e. The van der Waals surface area contributed by atoms with Gasteiger partial charge in [0.15, 0.2) is 0 Å². The molecule has 2 heterocycles. The summed E-state index contributed by atoms with van der Waals surface area (Å²) in [5, 5.41) is 4.51. The number of alkyl halides is 3. The Balaban J connectivity index is 0.000000412. The highest BCUT2D eigenvalue weighted by atomic mass is 32.2. The molecule has 2 aliphatic rings. The molecule has 29 heavy (non-hydrogen) atoms. The lowest BCUT2D eigenvalue weighted by Gasteiger charge is -2.24. The summed E-state index contributed by atoms with van der Waals surface area (Å²) in [6.45, 7) is 1.56. The van der Waals surface area contributed by atoms with Gasteiger partial charge in [-0.2, -0.15) is 21.6 Å². The van der Waals surface area contributed by atoms with Crippen LogP contribution in [0.25, 0.3) is 0 Å². The zero-order valence-corrected chi connectivity index (χ0v) is 19.1. The zero-order valence-electron chi connectivity index (χ0n) is 16.7. The number of methoxy groups -OCH3 is 2. The van der Waals surface area contributed by atoms with Crippen molar-refractivity contribution in [3.63, 3.8) is 0 Å². The van der Waals surface area contributed by atoms with E-state index in [2.05, 4.69) is 16.6 Å². The third-order valence-electron chi connectivity index (χ3n) is 3.83. The molecule has 0 aromatic heterocycles. The second-order valence-corrected chi connectivity index (χ2v) is 9.05. The van der Waals surface area contributed by atoms with Crippen LogP contribution in [-0.4, -0.2) is 74.3 Å². The monoisotopic (exact) mass is 482 g/mol. The van der Waals surface area contributed by atoms with Crippen molar-refractivity contribution in [1.82, 2.24) is 5.32 Å². The number of nitrogens with one attached hydrogen (secondary N) is 1. The van der Waals surface area contributed by atoms with Gasteiger partial charge in [-0.25, -0.2) is 0 Å². The molecule has 0 spiro atoms. The van der Waals surface area contributed by atoms with Gasteiger partial charge in [0.05, 0.1) is 29.3 Å². The summed E-state index contributed by atoms with van der Waals surface area (Å²) in [7, 11) is -2.38. The molecule has 13 heteroatoms. The van der Waals surface area contributed by atoms with Crippen LogP contribution in [0, 0.1) is 0 Å². The Hall–Kier alpha value is -0.470. The Labute approximate surface area is 179 Å². The maximum atomic E-state index is 10.7. The number of rotatable bonds is 4. The fourth-order valence-electron chi connectivity index (χ4n) is 2.50. The van der Waals surface area contributed by atoms with Crippen LogP contribution in [0.15, 0.2) is 4.99 Å². The predicted molar refractivity (Wildman–Crippen MR) is 113 cm³/mol. The van der Waals surface area contributed by atoms with Crippen LogP contribution in [0.1, 0.15) is 38.5 Å². The van der Waals surface area contributed by atoms with E-state index in [9.17, 15) is 13.2 Å². The molecule has 2 unspecified atom stereocenters. The van der Waals surface area contributed by atoms with E-state index in [1.165, 1.54) is 37.1 Å². The SMILES string of the molecule is COCC1CCCC(=S)N1.COCC1CCCC(SC)=N1.O=S(=O)(O)C(F)(F)F. The first-order chi connectivity index (χ1) is 13.4. The standard InChI is InChI=1S/C8H15NOS.C7H13NOS.CHF3O3S/c1-10-6-7-4-3-5-8(9-7)11-2;1-9-5-6-3-2-4-7(10)8-6;2-1(3,4)8(5,6)7/h7H,3-6H2,1-2H3;6H,2-5H2,1H3,(H,8,10);(H,5,6,7). The molecule has 0 aromatic carbocycles. The molecule has 1 saturated heterocycles. The third-order valence-corrected chi connectivity index (χ3v) is 5.52. The van der Waals surface area contributed by atoms with Crippen LogP contribution in [0.5, 0.6) is 0 Å². The van der Waals surface area contributed by atoms with Gasteiger partial charge >= 0.3 is 15.6 Å². The number of thioether (sulfide) groups is 1. The van der Waals surface area contributed by atoms with Crippen molar-refractivity contribution in [2.45, 2.75) is 56.1 Å². The highest BCUT2D eigenvalue weighted by Crippen LogP contribution is 2.20. The van der Waals surface area contributed by atoms with Gasteiger partial charge in [-0.1, -0.05) is 12.2 Å². The fraction of sp³-hybridized carbons (Fsp3) is 0.875. The molecule has 0 saturated carbocycles. The summed E-state index contributed by atoms with van der Waals surface area (Å²) in [5.41, 5.74) is -5.53. The van der Waals surface area contributed by atoms with Gasteiger partial charge in [0, 0.05) is 20.3 Å². The van der Waals surface area contributed by atoms with E-state index in [-0.39, 0.29) is 0 Å². The van der Waals surface area contributed by atoms with Crippen molar-refractivity contribution in [2.75, 3.05) is 33.7 Å². The van der Waals surface area contributed by atoms with Gasteiger partial charge in [-0.3, -0.25) is 9.55 Å². The topological polar surface area (TPSA) is 97.2 Å². The minimum Gasteiger partial charge on any atom is -0.383 e. The second kappa shape index (κ2) is 14.5. The third kappa shape index (κ3) is 13.4. The van der Waals surface area contributed by atoms with Crippen molar-refractivity contribution in [1.29, 1.82) is 0 Å². The van der Waals surface area contributed by atoms with Gasteiger partial charge in [0.1, 0.15) is 0 Å². The van der Waals surface area contributed by atoms with Gasteiger partial charge in [0.25, 0.3) is 0 Å². The van der Waals surface area contributed by atoms with Gasteiger partial charge in [0.2, 0.25) is 0 Å². The van der Waals surface area contributed by atoms with Crippen LogP contribution in [0.4, 0.5) is 13.2 Å². The van der Waals surface area contributed by atoms with Crippen LogP contribution >= 0.6 is 24.0 Å². The number of ether oxygens (including phenoxy) is 2. The molecule has 0 amide bonds. The lowest BCUT2D eigenvalue weighted by Crippen LogP contribution is -2.40. The molecular formula is C16H29F3N2O5S3. The van der Waals surface area contributed by atoms with Crippen molar-refractivity contribution in [3.05, 3.63) is 0 Å². The quantitative estimate of drug-likeness (QED) is 0.357. The number of aliphatic imine (C=N–C) groups is 1. The summed E-state index contributed by atoms with van der Waals surface area (Å²) in [6, 6.07) is 0.891. The molecule has 2 rings (SSSR count). The van der Waals surface area contributed by atoms with E-state index in [4.69, 9.17) is 34.7 Å². The van der Waals surface area contributed by atoms with Crippen LogP contribution in [-0.2, 0) is 19.6 Å². The van der Waals surface area contributed by atoms with E-state index in [1.54, 1.807) is 26.0 Å². The fourth-order valence-corrected chi connectivity index (χ4v) is 3.41. The summed E-state index contributed by atoms with van der Waals surface area (Å²) in [5.74, 6) is 0. The summed E-state index contributed by atoms with van der Waals surface area (Å²) in [4.78, 5) is 5.54. The minimum atomic E-state index is -5.84. The molecular weight excluding hydrogens is 453 g/mol. The highest BCUT2D eigenvalue weighted by molar-refractivity contribution is 8.13. The molecule has 1 fully saturated rings. The summed E-state index contributed by atoms with van der Waals surface area (Å²) < 4.78 is 67.6.